The van der Waals surface area contributed by atoms with Gasteiger partial charge >= 0.3 is 6.03 Å². The standard InChI is InChI=1S/C17H20N6O3/c1-22-7-6-18-8-13(22)15-20-16(26-21-15)12-4-2-11(3-5-12)10-23-14(24)9-19-17(23)25/h2-5,13,18H,6-10H2,1H3,(H,19,25). The molecule has 0 radical (unpaired) electrons. The largest absolute Gasteiger partial charge is 0.334 e. The number of aromatic nitrogens is 2. The average molecular weight is 356 g/mol. The van der Waals surface area contributed by atoms with E-state index in [9.17, 15) is 9.59 Å². The van der Waals surface area contributed by atoms with Gasteiger partial charge in [-0.2, -0.15) is 4.98 Å². The number of carbonyl (C=O) groups excluding carboxylic acids is 2. The summed E-state index contributed by atoms with van der Waals surface area (Å²) in [5.74, 6) is 0.907. The molecule has 1 atom stereocenters. The van der Waals surface area contributed by atoms with Crippen molar-refractivity contribution in [2.75, 3.05) is 33.2 Å². The van der Waals surface area contributed by atoms with Gasteiger partial charge in [0.1, 0.15) is 0 Å². The first-order valence-corrected chi connectivity index (χ1v) is 8.54. The second kappa shape index (κ2) is 6.85. The van der Waals surface area contributed by atoms with Crippen molar-refractivity contribution in [1.82, 2.24) is 30.6 Å². The molecule has 2 aliphatic rings. The number of likely N-dealkylation sites (N-methyl/N-ethyl adjacent to an activating group) is 1. The third-order valence-electron chi connectivity index (χ3n) is 4.73. The number of hydrogen-bond acceptors (Lipinski definition) is 7. The van der Waals surface area contributed by atoms with Crippen molar-refractivity contribution in [3.8, 4) is 11.5 Å². The van der Waals surface area contributed by atoms with Gasteiger partial charge in [0.05, 0.1) is 19.1 Å². The molecule has 26 heavy (non-hydrogen) atoms. The second-order valence-electron chi connectivity index (χ2n) is 6.49. The molecule has 1 aromatic carbocycles. The monoisotopic (exact) mass is 356 g/mol. The lowest BCUT2D eigenvalue weighted by atomic mass is 10.1. The summed E-state index contributed by atoms with van der Waals surface area (Å²) < 4.78 is 5.42. The number of amides is 3. The van der Waals surface area contributed by atoms with Crippen LogP contribution in [0.15, 0.2) is 28.8 Å². The van der Waals surface area contributed by atoms with E-state index in [1.54, 1.807) is 0 Å². The molecule has 1 aromatic heterocycles. The number of imide groups is 1. The van der Waals surface area contributed by atoms with Crippen LogP contribution in [0.4, 0.5) is 4.79 Å². The SMILES string of the molecule is CN1CCNCC1c1noc(-c2ccc(CN3C(=O)CNC3=O)cc2)n1. The molecule has 3 amide bonds. The van der Waals surface area contributed by atoms with Gasteiger partial charge in [0, 0.05) is 25.2 Å². The van der Waals surface area contributed by atoms with Crippen molar-refractivity contribution in [3.05, 3.63) is 35.7 Å². The van der Waals surface area contributed by atoms with Gasteiger partial charge in [-0.1, -0.05) is 17.3 Å². The van der Waals surface area contributed by atoms with Crippen LogP contribution in [0.1, 0.15) is 17.4 Å². The molecular formula is C17H20N6O3. The van der Waals surface area contributed by atoms with E-state index in [0.29, 0.717) is 11.7 Å². The van der Waals surface area contributed by atoms with Gasteiger partial charge in [-0.25, -0.2) is 4.79 Å². The van der Waals surface area contributed by atoms with E-state index in [-0.39, 0.29) is 31.1 Å². The van der Waals surface area contributed by atoms with Crippen LogP contribution in [0.5, 0.6) is 0 Å². The molecule has 1 unspecified atom stereocenters. The summed E-state index contributed by atoms with van der Waals surface area (Å²) >= 11 is 0. The fourth-order valence-corrected chi connectivity index (χ4v) is 3.13. The highest BCUT2D eigenvalue weighted by Gasteiger charge is 2.28. The zero-order valence-electron chi connectivity index (χ0n) is 14.4. The smallest absolute Gasteiger partial charge is 0.324 e. The normalized spacial score (nSPS) is 21.3. The maximum absolute atomic E-state index is 11.7. The van der Waals surface area contributed by atoms with E-state index in [4.69, 9.17) is 4.52 Å². The lowest BCUT2D eigenvalue weighted by molar-refractivity contribution is -0.125. The summed E-state index contributed by atoms with van der Waals surface area (Å²) in [6, 6.07) is 7.16. The van der Waals surface area contributed by atoms with Crippen LogP contribution in [0.3, 0.4) is 0 Å². The highest BCUT2D eigenvalue weighted by atomic mass is 16.5. The van der Waals surface area contributed by atoms with Crippen molar-refractivity contribution < 1.29 is 14.1 Å². The number of rotatable bonds is 4. The van der Waals surface area contributed by atoms with Gasteiger partial charge in [-0.15, -0.1) is 0 Å². The van der Waals surface area contributed by atoms with E-state index >= 15 is 0 Å². The molecule has 136 valence electrons. The van der Waals surface area contributed by atoms with Gasteiger partial charge in [0.2, 0.25) is 5.91 Å². The van der Waals surface area contributed by atoms with Crippen molar-refractivity contribution in [2.24, 2.45) is 0 Å². The Hall–Kier alpha value is -2.78. The fraction of sp³-hybridized carbons (Fsp3) is 0.412. The molecule has 4 rings (SSSR count). The first-order chi connectivity index (χ1) is 12.6. The van der Waals surface area contributed by atoms with Crippen molar-refractivity contribution in [3.63, 3.8) is 0 Å². The Morgan fingerprint density at radius 2 is 2.08 bits per heavy atom. The van der Waals surface area contributed by atoms with Gasteiger partial charge in [0.15, 0.2) is 5.82 Å². The van der Waals surface area contributed by atoms with Crippen molar-refractivity contribution in [1.29, 1.82) is 0 Å². The summed E-state index contributed by atoms with van der Waals surface area (Å²) in [4.78, 5) is 31.2. The van der Waals surface area contributed by atoms with E-state index in [1.165, 1.54) is 4.90 Å². The number of piperazine rings is 1. The summed E-state index contributed by atoms with van der Waals surface area (Å²) in [7, 11) is 2.05. The number of nitrogens with zero attached hydrogens (tertiary/aromatic N) is 4. The Kier molecular flexibility index (Phi) is 4.39. The Morgan fingerprint density at radius 1 is 1.27 bits per heavy atom. The first kappa shape index (κ1) is 16.7. The number of carbonyl (C=O) groups is 2. The molecule has 0 spiro atoms. The highest BCUT2D eigenvalue weighted by molar-refractivity contribution is 6.01. The average Bonchev–Trinajstić information content (AvgIpc) is 3.25. The topological polar surface area (TPSA) is 104 Å². The van der Waals surface area contributed by atoms with Crippen LogP contribution in [0, 0.1) is 0 Å². The molecule has 0 bridgehead atoms. The van der Waals surface area contributed by atoms with E-state index in [1.807, 2.05) is 31.3 Å². The van der Waals surface area contributed by atoms with Crippen LogP contribution in [0.25, 0.3) is 11.5 Å². The zero-order valence-corrected chi connectivity index (χ0v) is 14.4. The molecule has 2 aromatic rings. The van der Waals surface area contributed by atoms with Crippen molar-refractivity contribution >= 4 is 11.9 Å². The first-order valence-electron chi connectivity index (χ1n) is 8.54. The number of nitrogens with one attached hydrogen (secondary N) is 2. The second-order valence-corrected chi connectivity index (χ2v) is 6.49. The maximum Gasteiger partial charge on any atom is 0.324 e. The fourth-order valence-electron chi connectivity index (χ4n) is 3.13. The summed E-state index contributed by atoms with van der Waals surface area (Å²) in [5, 5.41) is 9.96. The van der Waals surface area contributed by atoms with Crippen LogP contribution in [0.2, 0.25) is 0 Å². The summed E-state index contributed by atoms with van der Waals surface area (Å²) in [6.07, 6.45) is 0. The van der Waals surface area contributed by atoms with Gasteiger partial charge in [0.25, 0.3) is 5.89 Å². The Labute approximate surface area is 150 Å². The molecule has 2 aliphatic heterocycles. The van der Waals surface area contributed by atoms with E-state index < -0.39 is 0 Å². The van der Waals surface area contributed by atoms with Crippen LogP contribution >= 0.6 is 0 Å². The van der Waals surface area contributed by atoms with Crippen LogP contribution in [-0.2, 0) is 11.3 Å². The Morgan fingerprint density at radius 3 is 2.77 bits per heavy atom. The minimum absolute atomic E-state index is 0.0617. The molecule has 0 aliphatic carbocycles. The third-order valence-corrected chi connectivity index (χ3v) is 4.73. The molecular weight excluding hydrogens is 336 g/mol. The molecule has 3 heterocycles. The number of hydrogen-bond donors (Lipinski definition) is 2. The van der Waals surface area contributed by atoms with Gasteiger partial charge in [-0.3, -0.25) is 14.6 Å². The molecule has 0 saturated carbocycles. The van der Waals surface area contributed by atoms with Gasteiger partial charge < -0.3 is 15.2 Å². The van der Waals surface area contributed by atoms with E-state index in [2.05, 4.69) is 25.7 Å². The number of benzene rings is 1. The summed E-state index contributed by atoms with van der Waals surface area (Å²) in [5.41, 5.74) is 1.66. The molecule has 2 N–H and O–H groups in total. The minimum atomic E-state index is -0.356. The molecule has 2 fully saturated rings. The molecule has 9 heteroatoms. The van der Waals surface area contributed by atoms with Crippen LogP contribution < -0.4 is 10.6 Å². The number of urea groups is 1. The van der Waals surface area contributed by atoms with Crippen molar-refractivity contribution in [2.45, 2.75) is 12.6 Å². The van der Waals surface area contributed by atoms with Crippen LogP contribution in [-0.4, -0.2) is 65.1 Å². The zero-order chi connectivity index (χ0) is 18.1. The Bertz CT molecular complexity index is 802. The maximum atomic E-state index is 11.7. The molecule has 9 nitrogen and oxygen atoms in total. The van der Waals surface area contributed by atoms with Gasteiger partial charge in [-0.05, 0) is 24.7 Å². The summed E-state index contributed by atoms with van der Waals surface area (Å²) in [6.45, 7) is 2.99. The highest BCUT2D eigenvalue weighted by Crippen LogP contribution is 2.23. The molecule has 2 saturated heterocycles. The third kappa shape index (κ3) is 3.18. The Balaban J connectivity index is 1.47. The minimum Gasteiger partial charge on any atom is -0.334 e. The quantitative estimate of drug-likeness (QED) is 0.763. The lowest BCUT2D eigenvalue weighted by Gasteiger charge is -2.30. The lowest BCUT2D eigenvalue weighted by Crippen LogP contribution is -2.44. The predicted molar refractivity (Wildman–Crippen MR) is 91.9 cm³/mol. The predicted octanol–water partition coefficient (Wildman–Crippen LogP) is 0.365. The van der Waals surface area contributed by atoms with E-state index in [0.717, 1.165) is 30.8 Å².